The zero-order valence-electron chi connectivity index (χ0n) is 21.3. The summed E-state index contributed by atoms with van der Waals surface area (Å²) in [7, 11) is 1.57. The predicted octanol–water partition coefficient (Wildman–Crippen LogP) is 6.10. The maximum absolute atomic E-state index is 13.8. The van der Waals surface area contributed by atoms with Crippen LogP contribution >= 0.6 is 11.3 Å². The fourth-order valence-corrected chi connectivity index (χ4v) is 5.37. The highest BCUT2D eigenvalue weighted by Gasteiger charge is 2.45. The molecule has 0 N–H and O–H groups in total. The summed E-state index contributed by atoms with van der Waals surface area (Å²) in [5, 5.41) is 10.2. The Labute approximate surface area is 218 Å². The first-order chi connectivity index (χ1) is 17.9. The first-order valence-corrected chi connectivity index (χ1v) is 13.3. The molecule has 0 saturated heterocycles. The first kappa shape index (κ1) is 25.0. The molecule has 5 rings (SSSR count). The summed E-state index contributed by atoms with van der Waals surface area (Å²) in [6.07, 6.45) is 3.13. The molecule has 0 fully saturated rings. The van der Waals surface area contributed by atoms with Crippen molar-refractivity contribution in [3.8, 4) is 11.5 Å². The molecule has 1 amide bonds. The van der Waals surface area contributed by atoms with Crippen LogP contribution in [0, 0.1) is 0 Å². The summed E-state index contributed by atoms with van der Waals surface area (Å²) in [6, 6.07) is 11.7. The Bertz CT molecular complexity index is 1510. The Morgan fingerprint density at radius 3 is 2.62 bits per heavy atom. The van der Waals surface area contributed by atoms with Crippen molar-refractivity contribution < 1.29 is 18.7 Å². The molecular weight excluding hydrogens is 490 g/mol. The lowest BCUT2D eigenvalue weighted by molar-refractivity contribution is 0.0970. The van der Waals surface area contributed by atoms with E-state index in [0.29, 0.717) is 39.8 Å². The maximum atomic E-state index is 13.8. The molecule has 0 bridgehead atoms. The number of anilines is 1. The van der Waals surface area contributed by atoms with Crippen molar-refractivity contribution in [1.82, 2.24) is 10.2 Å². The summed E-state index contributed by atoms with van der Waals surface area (Å²) in [5.74, 6) is 0.889. The summed E-state index contributed by atoms with van der Waals surface area (Å²) in [6.45, 7) is 6.76. The van der Waals surface area contributed by atoms with Crippen molar-refractivity contribution in [2.45, 2.75) is 52.0 Å². The molecule has 0 saturated carbocycles. The van der Waals surface area contributed by atoms with Crippen LogP contribution in [-0.4, -0.2) is 29.8 Å². The highest BCUT2D eigenvalue weighted by Crippen LogP contribution is 2.44. The Kier molecular flexibility index (Phi) is 6.97. The molecular formula is C28H29N3O5S. The van der Waals surface area contributed by atoms with Gasteiger partial charge in [0.1, 0.15) is 10.6 Å². The van der Waals surface area contributed by atoms with Gasteiger partial charge >= 0.3 is 0 Å². The number of rotatable bonds is 9. The summed E-state index contributed by atoms with van der Waals surface area (Å²) >= 11 is 1.33. The summed E-state index contributed by atoms with van der Waals surface area (Å²) < 4.78 is 17.6. The summed E-state index contributed by atoms with van der Waals surface area (Å²) in [4.78, 5) is 29.0. The smallest absolute Gasteiger partial charge is 0.297 e. The molecule has 2 aromatic carbocycles. The average molecular weight is 520 g/mol. The second-order valence-electron chi connectivity index (χ2n) is 9.29. The van der Waals surface area contributed by atoms with Crippen molar-refractivity contribution in [1.29, 1.82) is 0 Å². The van der Waals surface area contributed by atoms with Crippen molar-refractivity contribution in [3.63, 3.8) is 0 Å². The van der Waals surface area contributed by atoms with Crippen LogP contribution in [-0.2, 0) is 0 Å². The number of para-hydroxylation sites is 1. The molecule has 2 aromatic heterocycles. The van der Waals surface area contributed by atoms with E-state index in [2.05, 4.69) is 17.1 Å². The number of carbonyl (C=O) groups is 1. The van der Waals surface area contributed by atoms with Gasteiger partial charge in [0, 0.05) is 5.92 Å². The lowest BCUT2D eigenvalue weighted by Crippen LogP contribution is -2.29. The lowest BCUT2D eigenvalue weighted by atomic mass is 9.98. The highest BCUT2D eigenvalue weighted by atomic mass is 32.1. The third kappa shape index (κ3) is 4.48. The van der Waals surface area contributed by atoms with Gasteiger partial charge in [0.2, 0.25) is 10.9 Å². The molecule has 0 radical (unpaired) electrons. The first-order valence-electron chi connectivity index (χ1n) is 12.5. The normalized spacial score (nSPS) is 15.0. The largest absolute Gasteiger partial charge is 0.493 e. The molecule has 1 atom stereocenters. The average Bonchev–Trinajstić information content (AvgIpc) is 3.50. The van der Waals surface area contributed by atoms with Gasteiger partial charge in [-0.05, 0) is 36.2 Å². The zero-order valence-corrected chi connectivity index (χ0v) is 22.1. The van der Waals surface area contributed by atoms with E-state index in [9.17, 15) is 9.59 Å². The molecule has 1 aliphatic rings. The fraction of sp³-hybridized carbons (Fsp3) is 0.357. The van der Waals surface area contributed by atoms with E-state index < -0.39 is 11.9 Å². The van der Waals surface area contributed by atoms with Gasteiger partial charge in [-0.25, -0.2) is 0 Å². The Balaban J connectivity index is 1.65. The van der Waals surface area contributed by atoms with E-state index in [1.807, 2.05) is 32.0 Å². The molecule has 192 valence electrons. The van der Waals surface area contributed by atoms with Gasteiger partial charge in [0.15, 0.2) is 16.9 Å². The van der Waals surface area contributed by atoms with Crippen molar-refractivity contribution in [3.05, 3.63) is 74.6 Å². The van der Waals surface area contributed by atoms with Gasteiger partial charge < -0.3 is 13.9 Å². The van der Waals surface area contributed by atoms with Crippen LogP contribution in [0.15, 0.2) is 51.7 Å². The van der Waals surface area contributed by atoms with E-state index in [1.54, 1.807) is 31.4 Å². The van der Waals surface area contributed by atoms with Crippen LogP contribution in [0.5, 0.6) is 11.5 Å². The number of aromatic nitrogens is 2. The molecule has 0 unspecified atom stereocenters. The number of ether oxygens (including phenoxy) is 2. The highest BCUT2D eigenvalue weighted by molar-refractivity contribution is 7.15. The van der Waals surface area contributed by atoms with Gasteiger partial charge in [-0.2, -0.15) is 0 Å². The second kappa shape index (κ2) is 10.3. The standard InChI is InChI=1S/C28H29N3O5S/c1-5-6-9-14-35-20-13-12-17(15-21(20)34-4)23-22-24(32)18-10-7-8-11-19(18)36-25(22)27(33)31(23)28-30-29-26(37-28)16(2)3/h7-8,10-13,15-16,23H,5-6,9,14H2,1-4H3/t23-/m1/s1. The third-order valence-electron chi connectivity index (χ3n) is 6.42. The van der Waals surface area contributed by atoms with E-state index >= 15 is 0 Å². The minimum Gasteiger partial charge on any atom is -0.493 e. The molecule has 3 heterocycles. The Morgan fingerprint density at radius 2 is 1.89 bits per heavy atom. The van der Waals surface area contributed by atoms with Crippen molar-refractivity contribution in [2.24, 2.45) is 0 Å². The molecule has 9 heteroatoms. The van der Waals surface area contributed by atoms with E-state index in [1.165, 1.54) is 16.2 Å². The van der Waals surface area contributed by atoms with Gasteiger partial charge in [-0.1, -0.05) is 63.1 Å². The number of hydrogen-bond acceptors (Lipinski definition) is 8. The van der Waals surface area contributed by atoms with Crippen molar-refractivity contribution in [2.75, 3.05) is 18.6 Å². The number of hydrogen-bond donors (Lipinski definition) is 0. The minimum absolute atomic E-state index is 0.0221. The van der Waals surface area contributed by atoms with Crippen LogP contribution in [0.2, 0.25) is 0 Å². The van der Waals surface area contributed by atoms with Crippen molar-refractivity contribution >= 4 is 33.3 Å². The number of carbonyl (C=O) groups excluding carboxylic acids is 1. The topological polar surface area (TPSA) is 94.8 Å². The molecule has 37 heavy (non-hydrogen) atoms. The molecule has 1 aliphatic heterocycles. The predicted molar refractivity (Wildman–Crippen MR) is 143 cm³/mol. The number of benzene rings is 2. The van der Waals surface area contributed by atoms with Gasteiger partial charge in [-0.15, -0.1) is 10.2 Å². The molecule has 0 aliphatic carbocycles. The summed E-state index contributed by atoms with van der Waals surface area (Å²) in [5.41, 5.74) is 1.09. The Morgan fingerprint density at radius 1 is 1.08 bits per heavy atom. The van der Waals surface area contributed by atoms with Gasteiger partial charge in [0.25, 0.3) is 5.91 Å². The number of methoxy groups -OCH3 is 1. The van der Waals surface area contributed by atoms with E-state index in [0.717, 1.165) is 24.3 Å². The van der Waals surface area contributed by atoms with Crippen LogP contribution in [0.3, 0.4) is 0 Å². The quantitative estimate of drug-likeness (QED) is 0.247. The van der Waals surface area contributed by atoms with Crippen LogP contribution in [0.25, 0.3) is 11.0 Å². The number of unbranched alkanes of at least 4 members (excludes halogenated alkanes) is 2. The van der Waals surface area contributed by atoms with E-state index in [-0.39, 0.29) is 22.7 Å². The van der Waals surface area contributed by atoms with E-state index in [4.69, 9.17) is 13.9 Å². The van der Waals surface area contributed by atoms with Crippen LogP contribution < -0.4 is 19.8 Å². The lowest BCUT2D eigenvalue weighted by Gasteiger charge is -2.23. The van der Waals surface area contributed by atoms with Gasteiger partial charge in [0.05, 0.1) is 30.7 Å². The van der Waals surface area contributed by atoms with Crippen LogP contribution in [0.4, 0.5) is 5.13 Å². The fourth-order valence-electron chi connectivity index (χ4n) is 4.50. The monoisotopic (exact) mass is 519 g/mol. The molecule has 8 nitrogen and oxygen atoms in total. The van der Waals surface area contributed by atoms with Crippen LogP contribution in [0.1, 0.15) is 78.7 Å². The number of amides is 1. The SMILES string of the molecule is CCCCCOc1ccc([C@@H]2c3c(oc4ccccc4c3=O)C(=O)N2c2nnc(C(C)C)s2)cc1OC. The second-order valence-corrected chi connectivity index (χ2v) is 10.3. The number of fused-ring (bicyclic) bond motifs is 2. The zero-order chi connectivity index (χ0) is 26.1. The van der Waals surface area contributed by atoms with Gasteiger partial charge in [-0.3, -0.25) is 14.5 Å². The maximum Gasteiger partial charge on any atom is 0.297 e. The molecule has 0 spiro atoms. The minimum atomic E-state index is -0.751. The molecule has 4 aromatic rings. The number of nitrogens with zero attached hydrogens (tertiary/aromatic N) is 3. The third-order valence-corrected chi connectivity index (χ3v) is 7.64. The Hall–Kier alpha value is -3.72.